The summed E-state index contributed by atoms with van der Waals surface area (Å²) in [6.45, 7) is 6.04. The van der Waals surface area contributed by atoms with Crippen LogP contribution in [0.2, 0.25) is 0 Å². The number of nitrogens with one attached hydrogen (secondary N) is 1. The van der Waals surface area contributed by atoms with Gasteiger partial charge >= 0.3 is 0 Å². The van der Waals surface area contributed by atoms with Crippen LogP contribution in [0.25, 0.3) is 0 Å². The standard InChI is InChI=1S/C9H14N2O.C2H6/c1-8-4-6-9(7-5-8)12-10-11(2)3;1-2/h4-7,10H,1-3H3;1-2H3. The average Bonchev–Trinajstić information content (AvgIpc) is 2.20. The maximum atomic E-state index is 5.20. The Bertz CT molecular complexity index is 232. The Morgan fingerprint density at radius 2 is 1.57 bits per heavy atom. The van der Waals surface area contributed by atoms with Gasteiger partial charge in [0.2, 0.25) is 0 Å². The average molecular weight is 196 g/mol. The summed E-state index contributed by atoms with van der Waals surface area (Å²) in [7, 11) is 3.74. The third-order valence-corrected chi connectivity index (χ3v) is 1.37. The third-order valence-electron chi connectivity index (χ3n) is 1.37. The minimum absolute atomic E-state index is 0.814. The predicted octanol–water partition coefficient (Wildman–Crippen LogP) is 2.38. The SMILES string of the molecule is CC.Cc1ccc(ONN(C)C)cc1. The molecule has 0 aliphatic heterocycles. The van der Waals surface area contributed by atoms with E-state index >= 15 is 0 Å². The van der Waals surface area contributed by atoms with Crippen molar-refractivity contribution >= 4 is 0 Å². The molecule has 0 radical (unpaired) electrons. The van der Waals surface area contributed by atoms with Gasteiger partial charge in [-0.05, 0) is 19.1 Å². The zero-order valence-electron chi connectivity index (χ0n) is 9.66. The molecule has 1 aromatic carbocycles. The molecule has 14 heavy (non-hydrogen) atoms. The predicted molar refractivity (Wildman–Crippen MR) is 60.0 cm³/mol. The molecule has 0 heterocycles. The lowest BCUT2D eigenvalue weighted by molar-refractivity contribution is 0.0433. The highest BCUT2D eigenvalue weighted by molar-refractivity contribution is 5.25. The Hall–Kier alpha value is -1.06. The van der Waals surface area contributed by atoms with Crippen LogP contribution in [0.1, 0.15) is 19.4 Å². The first-order valence-corrected chi connectivity index (χ1v) is 4.85. The fraction of sp³-hybridized carbons (Fsp3) is 0.455. The van der Waals surface area contributed by atoms with Gasteiger partial charge in [-0.15, -0.1) is 0 Å². The lowest BCUT2D eigenvalue weighted by atomic mass is 10.2. The van der Waals surface area contributed by atoms with Crippen molar-refractivity contribution in [3.05, 3.63) is 29.8 Å². The van der Waals surface area contributed by atoms with Crippen LogP contribution in [0.15, 0.2) is 24.3 Å². The van der Waals surface area contributed by atoms with Gasteiger partial charge in [0, 0.05) is 14.1 Å². The molecule has 1 aromatic rings. The minimum Gasteiger partial charge on any atom is -0.394 e. The van der Waals surface area contributed by atoms with Crippen LogP contribution < -0.4 is 10.4 Å². The molecule has 1 N–H and O–H groups in total. The second kappa shape index (κ2) is 7.35. The summed E-state index contributed by atoms with van der Waals surface area (Å²) in [6, 6.07) is 7.86. The van der Waals surface area contributed by atoms with Gasteiger partial charge in [0.25, 0.3) is 0 Å². The molecule has 0 atom stereocenters. The highest BCUT2D eigenvalue weighted by Crippen LogP contribution is 2.09. The Labute approximate surface area is 86.6 Å². The molecule has 1 rings (SSSR count). The third kappa shape index (κ3) is 5.56. The van der Waals surface area contributed by atoms with Crippen LogP contribution >= 0.6 is 0 Å². The Balaban J connectivity index is 0.000000791. The van der Waals surface area contributed by atoms with E-state index in [1.165, 1.54) is 5.56 Å². The van der Waals surface area contributed by atoms with Gasteiger partial charge in [-0.2, -0.15) is 0 Å². The summed E-state index contributed by atoms with van der Waals surface area (Å²) in [5.41, 5.74) is 3.94. The van der Waals surface area contributed by atoms with E-state index in [2.05, 4.69) is 5.59 Å². The molecule has 0 bridgehead atoms. The smallest absolute Gasteiger partial charge is 0.149 e. The monoisotopic (exact) mass is 196 g/mol. The molecule has 80 valence electrons. The second-order valence-corrected chi connectivity index (χ2v) is 2.90. The van der Waals surface area contributed by atoms with E-state index in [9.17, 15) is 0 Å². The van der Waals surface area contributed by atoms with E-state index in [0.717, 1.165) is 5.75 Å². The molecule has 0 aliphatic rings. The number of benzene rings is 1. The van der Waals surface area contributed by atoms with Crippen molar-refractivity contribution in [2.24, 2.45) is 0 Å². The number of nitrogens with zero attached hydrogens (tertiary/aromatic N) is 1. The van der Waals surface area contributed by atoms with Crippen molar-refractivity contribution in [3.63, 3.8) is 0 Å². The van der Waals surface area contributed by atoms with E-state index in [1.54, 1.807) is 5.01 Å². The Kier molecular flexibility index (Phi) is 6.80. The Morgan fingerprint density at radius 3 is 2.00 bits per heavy atom. The molecular weight excluding hydrogens is 176 g/mol. The van der Waals surface area contributed by atoms with Gasteiger partial charge in [-0.3, -0.25) is 0 Å². The van der Waals surface area contributed by atoms with Gasteiger partial charge in [-0.1, -0.05) is 37.1 Å². The zero-order valence-corrected chi connectivity index (χ0v) is 9.66. The van der Waals surface area contributed by atoms with Crippen molar-refractivity contribution in [2.45, 2.75) is 20.8 Å². The molecule has 3 heteroatoms. The molecule has 0 aromatic heterocycles. The topological polar surface area (TPSA) is 24.5 Å². The van der Waals surface area contributed by atoms with E-state index in [4.69, 9.17) is 4.84 Å². The highest BCUT2D eigenvalue weighted by atomic mass is 16.7. The first kappa shape index (κ1) is 12.9. The first-order valence-electron chi connectivity index (χ1n) is 4.85. The first-order chi connectivity index (χ1) is 6.68. The van der Waals surface area contributed by atoms with Gasteiger partial charge in [0.1, 0.15) is 5.75 Å². The Morgan fingerprint density at radius 1 is 1.07 bits per heavy atom. The molecule has 0 amide bonds. The van der Waals surface area contributed by atoms with Gasteiger partial charge < -0.3 is 4.84 Å². The van der Waals surface area contributed by atoms with E-state index in [1.807, 2.05) is 59.1 Å². The van der Waals surface area contributed by atoms with E-state index in [-0.39, 0.29) is 0 Å². The van der Waals surface area contributed by atoms with Crippen LogP contribution in [0.5, 0.6) is 5.75 Å². The number of hydrogen-bond acceptors (Lipinski definition) is 3. The molecule has 0 fully saturated rings. The fourth-order valence-corrected chi connectivity index (χ4v) is 0.750. The number of aryl methyl sites for hydroxylation is 1. The summed E-state index contributed by atoms with van der Waals surface area (Å²) in [5.74, 6) is 0.814. The summed E-state index contributed by atoms with van der Waals surface area (Å²) < 4.78 is 0. The van der Waals surface area contributed by atoms with Crippen molar-refractivity contribution in [1.82, 2.24) is 10.6 Å². The normalized spacial score (nSPS) is 9.29. The van der Waals surface area contributed by atoms with Crippen LogP contribution in [-0.2, 0) is 0 Å². The molecule has 3 nitrogen and oxygen atoms in total. The van der Waals surface area contributed by atoms with Crippen molar-refractivity contribution in [2.75, 3.05) is 14.1 Å². The van der Waals surface area contributed by atoms with Crippen molar-refractivity contribution in [3.8, 4) is 5.75 Å². The van der Waals surface area contributed by atoms with Gasteiger partial charge in [0.15, 0.2) is 0 Å². The largest absolute Gasteiger partial charge is 0.394 e. The van der Waals surface area contributed by atoms with Crippen LogP contribution in [0, 0.1) is 6.92 Å². The molecule has 0 unspecified atom stereocenters. The number of rotatable bonds is 3. The summed E-state index contributed by atoms with van der Waals surface area (Å²) in [4.78, 5) is 5.20. The molecule has 0 saturated carbocycles. The van der Waals surface area contributed by atoms with E-state index < -0.39 is 0 Å². The van der Waals surface area contributed by atoms with Crippen LogP contribution in [0.4, 0.5) is 0 Å². The molecule has 0 aliphatic carbocycles. The lowest BCUT2D eigenvalue weighted by Crippen LogP contribution is -2.33. The summed E-state index contributed by atoms with van der Waals surface area (Å²) in [6.07, 6.45) is 0. The molecular formula is C11H20N2O. The quantitative estimate of drug-likeness (QED) is 0.751. The second-order valence-electron chi connectivity index (χ2n) is 2.90. The van der Waals surface area contributed by atoms with Crippen LogP contribution in [-0.4, -0.2) is 19.1 Å². The minimum atomic E-state index is 0.814. The van der Waals surface area contributed by atoms with Gasteiger partial charge in [-0.25, -0.2) is 5.01 Å². The number of hydrazine groups is 1. The van der Waals surface area contributed by atoms with Gasteiger partial charge in [0.05, 0.1) is 0 Å². The van der Waals surface area contributed by atoms with Crippen LogP contribution in [0.3, 0.4) is 0 Å². The van der Waals surface area contributed by atoms with Crippen molar-refractivity contribution in [1.29, 1.82) is 0 Å². The molecule has 0 saturated heterocycles. The maximum Gasteiger partial charge on any atom is 0.149 e. The van der Waals surface area contributed by atoms with E-state index in [0.29, 0.717) is 0 Å². The summed E-state index contributed by atoms with van der Waals surface area (Å²) in [5, 5.41) is 1.74. The maximum absolute atomic E-state index is 5.20. The van der Waals surface area contributed by atoms with Crippen molar-refractivity contribution < 1.29 is 4.84 Å². The number of hydrogen-bond donors (Lipinski definition) is 1. The zero-order chi connectivity index (χ0) is 11.0. The summed E-state index contributed by atoms with van der Waals surface area (Å²) >= 11 is 0. The fourth-order valence-electron chi connectivity index (χ4n) is 0.750. The highest BCUT2D eigenvalue weighted by Gasteiger charge is 1.92. The molecule has 0 spiro atoms. The lowest BCUT2D eigenvalue weighted by Gasteiger charge is -2.12.